The molecule has 5 heteroatoms. The molecule has 1 aromatic rings. The zero-order chi connectivity index (χ0) is 19.1. The molecule has 0 aliphatic heterocycles. The van der Waals surface area contributed by atoms with Crippen LogP contribution < -0.4 is 16.0 Å². The standard InChI is InChI=1S/C15H23N3O2.C5H12.3H2/c1-4-17-15(20)13(18-14(19)11(2)16-3)10-12-8-6-5-7-9-12;1-3-5-4-2;;;/h5-9,11,13,16H,4,10H2,1-3H3,(H,17,20)(H,18,19);3-5H2,1-2H3;3*1H. The molecule has 1 aromatic carbocycles. The molecule has 2 unspecified atom stereocenters. The fourth-order valence-electron chi connectivity index (χ4n) is 2.14. The van der Waals surface area contributed by atoms with E-state index in [-0.39, 0.29) is 22.1 Å². The summed E-state index contributed by atoms with van der Waals surface area (Å²) in [6.07, 6.45) is 4.56. The molecule has 0 saturated carbocycles. The number of carbonyl (C=O) groups is 2. The highest BCUT2D eigenvalue weighted by atomic mass is 16.2. The Morgan fingerprint density at radius 3 is 2.08 bits per heavy atom. The zero-order valence-corrected chi connectivity index (χ0v) is 16.4. The van der Waals surface area contributed by atoms with Gasteiger partial charge in [0.1, 0.15) is 6.04 Å². The lowest BCUT2D eigenvalue weighted by atomic mass is 10.0. The first-order valence-corrected chi connectivity index (χ1v) is 9.29. The molecule has 0 radical (unpaired) electrons. The second-order valence-electron chi connectivity index (χ2n) is 6.01. The lowest BCUT2D eigenvalue weighted by Crippen LogP contribution is -2.52. The number of likely N-dealkylation sites (N-methyl/N-ethyl adjacent to an activating group) is 2. The van der Waals surface area contributed by atoms with E-state index in [0.29, 0.717) is 13.0 Å². The summed E-state index contributed by atoms with van der Waals surface area (Å²) in [6, 6.07) is 8.76. The van der Waals surface area contributed by atoms with Crippen LogP contribution in [0.25, 0.3) is 0 Å². The minimum atomic E-state index is -0.555. The van der Waals surface area contributed by atoms with Crippen molar-refractivity contribution in [2.24, 2.45) is 0 Å². The normalized spacial score (nSPS) is 12.4. The van der Waals surface area contributed by atoms with Crippen LogP contribution in [0.5, 0.6) is 0 Å². The van der Waals surface area contributed by atoms with Crippen LogP contribution in [-0.4, -0.2) is 37.5 Å². The zero-order valence-electron chi connectivity index (χ0n) is 16.4. The highest BCUT2D eigenvalue weighted by Gasteiger charge is 2.22. The summed E-state index contributed by atoms with van der Waals surface area (Å²) in [7, 11) is 1.71. The van der Waals surface area contributed by atoms with E-state index in [0.717, 1.165) is 5.56 Å². The molecule has 0 bridgehead atoms. The number of amides is 2. The van der Waals surface area contributed by atoms with Gasteiger partial charge in [0.15, 0.2) is 0 Å². The van der Waals surface area contributed by atoms with Crippen LogP contribution in [0.4, 0.5) is 0 Å². The van der Waals surface area contributed by atoms with Crippen LogP contribution in [0.1, 0.15) is 56.8 Å². The van der Waals surface area contributed by atoms with Gasteiger partial charge in [-0.05, 0) is 26.5 Å². The number of carbonyl (C=O) groups excluding carboxylic acids is 2. The van der Waals surface area contributed by atoms with Gasteiger partial charge >= 0.3 is 0 Å². The third kappa shape index (κ3) is 10.6. The van der Waals surface area contributed by atoms with Gasteiger partial charge in [0.2, 0.25) is 11.8 Å². The van der Waals surface area contributed by atoms with Crippen LogP contribution in [0.15, 0.2) is 30.3 Å². The number of benzene rings is 1. The van der Waals surface area contributed by atoms with Crippen molar-refractivity contribution in [3.05, 3.63) is 35.9 Å². The van der Waals surface area contributed by atoms with E-state index in [9.17, 15) is 9.59 Å². The summed E-state index contributed by atoms with van der Waals surface area (Å²) in [4.78, 5) is 24.0. The molecule has 1 rings (SSSR count). The molecule has 2 atom stereocenters. The number of nitrogens with one attached hydrogen (secondary N) is 3. The summed E-state index contributed by atoms with van der Waals surface area (Å²) in [5.41, 5.74) is 1.01. The van der Waals surface area contributed by atoms with E-state index < -0.39 is 6.04 Å². The predicted octanol–water partition coefficient (Wildman–Crippen LogP) is 3.39. The number of rotatable bonds is 9. The molecule has 0 aliphatic rings. The van der Waals surface area contributed by atoms with E-state index in [1.165, 1.54) is 19.3 Å². The van der Waals surface area contributed by atoms with E-state index in [1.54, 1.807) is 14.0 Å². The molecule has 3 N–H and O–H groups in total. The van der Waals surface area contributed by atoms with Crippen LogP contribution in [0.2, 0.25) is 0 Å². The fraction of sp³-hybridized carbons (Fsp3) is 0.600. The summed E-state index contributed by atoms with van der Waals surface area (Å²) in [6.45, 7) is 8.58. The van der Waals surface area contributed by atoms with Crippen LogP contribution >= 0.6 is 0 Å². The van der Waals surface area contributed by atoms with Crippen molar-refractivity contribution >= 4 is 11.8 Å². The smallest absolute Gasteiger partial charge is 0.242 e. The molecule has 0 spiro atoms. The van der Waals surface area contributed by atoms with Crippen LogP contribution in [-0.2, 0) is 16.0 Å². The first-order valence-electron chi connectivity index (χ1n) is 9.29. The number of unbranched alkanes of at least 4 members (excludes halogenated alkanes) is 2. The van der Waals surface area contributed by atoms with Crippen molar-refractivity contribution in [2.75, 3.05) is 13.6 Å². The SMILES string of the molecule is CCCCC.CCNC(=O)C(Cc1ccccc1)NC(=O)C(C)NC.[HH].[HH].[HH]. The summed E-state index contributed by atoms with van der Waals surface area (Å²) < 4.78 is 0. The van der Waals surface area contributed by atoms with E-state index in [1.807, 2.05) is 37.3 Å². The van der Waals surface area contributed by atoms with Crippen molar-refractivity contribution in [3.8, 4) is 0 Å². The van der Waals surface area contributed by atoms with Crippen molar-refractivity contribution < 1.29 is 13.9 Å². The van der Waals surface area contributed by atoms with Gasteiger partial charge in [0.05, 0.1) is 6.04 Å². The van der Waals surface area contributed by atoms with Gasteiger partial charge in [0, 0.05) is 17.2 Å². The fourth-order valence-corrected chi connectivity index (χ4v) is 2.14. The molecule has 5 nitrogen and oxygen atoms in total. The average molecular weight is 356 g/mol. The van der Waals surface area contributed by atoms with Gasteiger partial charge in [-0.25, -0.2) is 0 Å². The van der Waals surface area contributed by atoms with Crippen molar-refractivity contribution in [1.82, 2.24) is 16.0 Å². The summed E-state index contributed by atoms with van der Waals surface area (Å²) in [5.74, 6) is -0.340. The Hall–Kier alpha value is -1.88. The molecule has 0 fully saturated rings. The summed E-state index contributed by atoms with van der Waals surface area (Å²) in [5, 5.41) is 8.40. The second-order valence-corrected chi connectivity index (χ2v) is 6.01. The Kier molecular flexibility index (Phi) is 13.4. The maximum atomic E-state index is 12.0. The molecule has 0 aromatic heterocycles. The van der Waals surface area contributed by atoms with Crippen molar-refractivity contribution in [2.45, 2.75) is 65.5 Å². The van der Waals surface area contributed by atoms with Gasteiger partial charge in [-0.1, -0.05) is 63.4 Å². The van der Waals surface area contributed by atoms with Crippen molar-refractivity contribution in [1.29, 1.82) is 0 Å². The Morgan fingerprint density at radius 2 is 1.64 bits per heavy atom. The lowest BCUT2D eigenvalue weighted by Gasteiger charge is -2.20. The Labute approximate surface area is 157 Å². The highest BCUT2D eigenvalue weighted by molar-refractivity contribution is 5.89. The molecule has 0 heterocycles. The molecule has 25 heavy (non-hydrogen) atoms. The average Bonchev–Trinajstić information content (AvgIpc) is 2.62. The van der Waals surface area contributed by atoms with Crippen molar-refractivity contribution in [3.63, 3.8) is 0 Å². The minimum absolute atomic E-state index is 0. The molecular weight excluding hydrogens is 314 g/mol. The topological polar surface area (TPSA) is 70.2 Å². The molecular formula is C20H41N3O2. The van der Waals surface area contributed by atoms with Crippen LogP contribution in [0.3, 0.4) is 0 Å². The third-order valence-corrected chi connectivity index (χ3v) is 3.80. The second kappa shape index (κ2) is 14.5. The Balaban J connectivity index is -0.000000321. The largest absolute Gasteiger partial charge is 0.355 e. The third-order valence-electron chi connectivity index (χ3n) is 3.80. The van der Waals surface area contributed by atoms with Gasteiger partial charge in [0.25, 0.3) is 0 Å². The van der Waals surface area contributed by atoms with E-state index in [4.69, 9.17) is 0 Å². The highest BCUT2D eigenvalue weighted by Crippen LogP contribution is 2.04. The molecule has 0 saturated heterocycles. The first-order chi connectivity index (χ1) is 12.0. The quantitative estimate of drug-likeness (QED) is 0.636. The maximum absolute atomic E-state index is 12.0. The van der Waals surface area contributed by atoms with E-state index >= 15 is 0 Å². The Bertz CT molecular complexity index is 489. The lowest BCUT2D eigenvalue weighted by molar-refractivity contribution is -0.129. The minimum Gasteiger partial charge on any atom is -0.355 e. The van der Waals surface area contributed by atoms with Crippen LogP contribution in [0, 0.1) is 0 Å². The molecule has 148 valence electrons. The van der Waals surface area contributed by atoms with Gasteiger partial charge in [-0.2, -0.15) is 0 Å². The van der Waals surface area contributed by atoms with Gasteiger partial charge in [-0.3, -0.25) is 9.59 Å². The van der Waals surface area contributed by atoms with Gasteiger partial charge < -0.3 is 16.0 Å². The summed E-state index contributed by atoms with van der Waals surface area (Å²) >= 11 is 0. The van der Waals surface area contributed by atoms with Gasteiger partial charge in [-0.15, -0.1) is 0 Å². The maximum Gasteiger partial charge on any atom is 0.242 e. The number of hydrogen-bond donors (Lipinski definition) is 3. The monoisotopic (exact) mass is 355 g/mol. The number of hydrogen-bond acceptors (Lipinski definition) is 3. The predicted molar refractivity (Wildman–Crippen MR) is 111 cm³/mol. The first kappa shape index (κ1) is 23.1. The Morgan fingerprint density at radius 1 is 1.04 bits per heavy atom. The molecule has 2 amide bonds. The van der Waals surface area contributed by atoms with E-state index in [2.05, 4.69) is 29.8 Å². The molecule has 0 aliphatic carbocycles.